The Balaban J connectivity index is 1.73. The Morgan fingerprint density at radius 2 is 1.60 bits per heavy atom. The number of benzene rings is 2. The number of nitrogens with zero attached hydrogens (tertiary/aromatic N) is 2. The molecule has 30 heavy (non-hydrogen) atoms. The van der Waals surface area contributed by atoms with Crippen LogP contribution in [0.1, 0.15) is 20.8 Å². The van der Waals surface area contributed by atoms with Gasteiger partial charge in [0.15, 0.2) is 0 Å². The van der Waals surface area contributed by atoms with Crippen molar-refractivity contribution in [1.29, 1.82) is 0 Å². The molecule has 1 unspecified atom stereocenters. The van der Waals surface area contributed by atoms with Crippen LogP contribution in [-0.2, 0) is 17.8 Å². The predicted molar refractivity (Wildman–Crippen MR) is 123 cm³/mol. The normalized spacial score (nSPS) is 11.6. The molecule has 0 aliphatic carbocycles. The molecule has 1 aromatic heterocycles. The van der Waals surface area contributed by atoms with Gasteiger partial charge in [0.1, 0.15) is 6.04 Å². The average molecular weight is 422 g/mol. The van der Waals surface area contributed by atoms with Gasteiger partial charge in [-0.1, -0.05) is 48.5 Å². The van der Waals surface area contributed by atoms with Crippen LogP contribution < -0.4 is 10.2 Å². The van der Waals surface area contributed by atoms with E-state index in [0.29, 0.717) is 17.8 Å². The molecule has 0 spiro atoms. The second-order valence-corrected chi connectivity index (χ2v) is 8.40. The Hall–Kier alpha value is -3.12. The van der Waals surface area contributed by atoms with Crippen molar-refractivity contribution in [3.05, 3.63) is 88.1 Å². The van der Waals surface area contributed by atoms with Gasteiger partial charge in [-0.15, -0.1) is 11.3 Å². The zero-order valence-corrected chi connectivity index (χ0v) is 18.4. The summed E-state index contributed by atoms with van der Waals surface area (Å²) < 4.78 is 0. The quantitative estimate of drug-likeness (QED) is 0.602. The summed E-state index contributed by atoms with van der Waals surface area (Å²) in [5, 5.41) is 4.79. The molecule has 0 aliphatic rings. The predicted octanol–water partition coefficient (Wildman–Crippen LogP) is 3.81. The second-order valence-electron chi connectivity index (χ2n) is 7.45. The van der Waals surface area contributed by atoms with E-state index in [9.17, 15) is 9.59 Å². The number of amides is 2. The molecule has 0 saturated carbocycles. The third-order valence-electron chi connectivity index (χ3n) is 4.88. The minimum atomic E-state index is -0.631. The van der Waals surface area contributed by atoms with Crippen LogP contribution in [0.3, 0.4) is 0 Å². The lowest BCUT2D eigenvalue weighted by Gasteiger charge is -2.25. The molecule has 6 heteroatoms. The molecule has 3 rings (SSSR count). The first-order valence-electron chi connectivity index (χ1n) is 9.83. The molecule has 0 bridgehead atoms. The Morgan fingerprint density at radius 1 is 0.900 bits per heavy atom. The molecule has 1 atom stereocenters. The van der Waals surface area contributed by atoms with E-state index in [1.54, 1.807) is 18.0 Å². The lowest BCUT2D eigenvalue weighted by Crippen LogP contribution is -2.48. The molecule has 0 aliphatic heterocycles. The molecule has 3 aromatic rings. The van der Waals surface area contributed by atoms with E-state index in [4.69, 9.17) is 0 Å². The SMILES string of the molecule is CN(Cc1ccc(N(C)C)cc1)C(=O)C(Cc1ccccc1)NC(=O)c1cccs1. The Bertz CT molecular complexity index is 954. The summed E-state index contributed by atoms with van der Waals surface area (Å²) in [5.74, 6) is -0.330. The highest BCUT2D eigenvalue weighted by Gasteiger charge is 2.25. The maximum atomic E-state index is 13.2. The van der Waals surface area contributed by atoms with Crippen LogP contribution in [0.5, 0.6) is 0 Å². The van der Waals surface area contributed by atoms with Crippen molar-refractivity contribution in [3.63, 3.8) is 0 Å². The third-order valence-corrected chi connectivity index (χ3v) is 5.75. The summed E-state index contributed by atoms with van der Waals surface area (Å²) in [7, 11) is 5.77. The van der Waals surface area contributed by atoms with Gasteiger partial charge in [-0.25, -0.2) is 0 Å². The number of thiophene rings is 1. The zero-order chi connectivity index (χ0) is 21.5. The van der Waals surface area contributed by atoms with Crippen molar-refractivity contribution in [3.8, 4) is 0 Å². The molecule has 2 amide bonds. The summed E-state index contributed by atoms with van der Waals surface area (Å²) in [6.45, 7) is 0.479. The summed E-state index contributed by atoms with van der Waals surface area (Å²) in [5.41, 5.74) is 3.16. The van der Waals surface area contributed by atoms with Crippen LogP contribution >= 0.6 is 11.3 Å². The van der Waals surface area contributed by atoms with Crippen LogP contribution in [0, 0.1) is 0 Å². The van der Waals surface area contributed by atoms with Gasteiger partial charge in [0.25, 0.3) is 5.91 Å². The van der Waals surface area contributed by atoms with Gasteiger partial charge in [-0.3, -0.25) is 9.59 Å². The molecular formula is C24H27N3O2S. The first-order valence-corrected chi connectivity index (χ1v) is 10.7. The van der Waals surface area contributed by atoms with Crippen molar-refractivity contribution >= 4 is 28.8 Å². The number of nitrogens with one attached hydrogen (secondary N) is 1. The lowest BCUT2D eigenvalue weighted by molar-refractivity contribution is -0.132. The Morgan fingerprint density at radius 3 is 2.20 bits per heavy atom. The van der Waals surface area contributed by atoms with Gasteiger partial charge in [0.05, 0.1) is 4.88 Å². The number of hydrogen-bond donors (Lipinski definition) is 1. The highest BCUT2D eigenvalue weighted by Crippen LogP contribution is 2.15. The standard InChI is InChI=1S/C24H27N3O2S/c1-26(2)20-13-11-19(12-14-20)17-27(3)24(29)21(16-18-8-5-4-6-9-18)25-23(28)22-10-7-15-30-22/h4-15,21H,16-17H2,1-3H3,(H,25,28). The maximum absolute atomic E-state index is 13.2. The van der Waals surface area contributed by atoms with Crippen molar-refractivity contribution in [1.82, 2.24) is 10.2 Å². The number of likely N-dealkylation sites (N-methyl/N-ethyl adjacent to an activating group) is 1. The maximum Gasteiger partial charge on any atom is 0.262 e. The number of carbonyl (C=O) groups is 2. The van der Waals surface area contributed by atoms with Gasteiger partial charge in [-0.05, 0) is 34.7 Å². The number of carbonyl (C=O) groups excluding carboxylic acids is 2. The fourth-order valence-electron chi connectivity index (χ4n) is 3.20. The highest BCUT2D eigenvalue weighted by atomic mass is 32.1. The van der Waals surface area contributed by atoms with Gasteiger partial charge in [-0.2, -0.15) is 0 Å². The molecule has 0 fully saturated rings. The van der Waals surface area contributed by atoms with Crippen molar-refractivity contribution in [2.24, 2.45) is 0 Å². The first kappa shape index (κ1) is 21.6. The summed E-state index contributed by atoms with van der Waals surface area (Å²) in [6, 6.07) is 20.8. The molecule has 0 radical (unpaired) electrons. The van der Waals surface area contributed by atoms with E-state index in [-0.39, 0.29) is 11.8 Å². The van der Waals surface area contributed by atoms with Crippen LogP contribution in [0.4, 0.5) is 5.69 Å². The van der Waals surface area contributed by atoms with Crippen molar-refractivity contribution in [2.75, 3.05) is 26.0 Å². The number of hydrogen-bond acceptors (Lipinski definition) is 4. The number of anilines is 1. The molecule has 0 saturated heterocycles. The van der Waals surface area contributed by atoms with Crippen LogP contribution in [0.25, 0.3) is 0 Å². The summed E-state index contributed by atoms with van der Waals surface area (Å²) >= 11 is 1.36. The van der Waals surface area contributed by atoms with E-state index in [2.05, 4.69) is 5.32 Å². The van der Waals surface area contributed by atoms with E-state index < -0.39 is 6.04 Å². The minimum absolute atomic E-state index is 0.111. The molecule has 1 N–H and O–H groups in total. The highest BCUT2D eigenvalue weighted by molar-refractivity contribution is 7.12. The summed E-state index contributed by atoms with van der Waals surface area (Å²) in [4.78, 5) is 30.2. The number of rotatable bonds is 8. The van der Waals surface area contributed by atoms with Crippen molar-refractivity contribution < 1.29 is 9.59 Å². The molecule has 5 nitrogen and oxygen atoms in total. The van der Waals surface area contributed by atoms with E-state index >= 15 is 0 Å². The second kappa shape index (κ2) is 10.1. The van der Waals surface area contributed by atoms with Crippen LogP contribution in [-0.4, -0.2) is 43.9 Å². The first-order chi connectivity index (χ1) is 14.4. The van der Waals surface area contributed by atoms with Crippen LogP contribution in [0.2, 0.25) is 0 Å². The Kier molecular flexibility index (Phi) is 7.25. The topological polar surface area (TPSA) is 52.6 Å². The van der Waals surface area contributed by atoms with Crippen LogP contribution in [0.15, 0.2) is 72.1 Å². The smallest absolute Gasteiger partial charge is 0.262 e. The fourth-order valence-corrected chi connectivity index (χ4v) is 3.83. The molecular weight excluding hydrogens is 394 g/mol. The van der Waals surface area contributed by atoms with E-state index in [0.717, 1.165) is 16.8 Å². The molecule has 2 aromatic carbocycles. The minimum Gasteiger partial charge on any atom is -0.378 e. The van der Waals surface area contributed by atoms with Gasteiger partial charge in [0, 0.05) is 39.8 Å². The monoisotopic (exact) mass is 421 g/mol. The van der Waals surface area contributed by atoms with Gasteiger partial charge >= 0.3 is 0 Å². The summed E-state index contributed by atoms with van der Waals surface area (Å²) in [6.07, 6.45) is 0.445. The van der Waals surface area contributed by atoms with E-state index in [1.807, 2.05) is 85.0 Å². The third kappa shape index (κ3) is 5.70. The zero-order valence-electron chi connectivity index (χ0n) is 17.5. The average Bonchev–Trinajstić information content (AvgIpc) is 3.29. The molecule has 156 valence electrons. The fraction of sp³-hybridized carbons (Fsp3) is 0.250. The van der Waals surface area contributed by atoms with Gasteiger partial charge < -0.3 is 15.1 Å². The molecule has 1 heterocycles. The van der Waals surface area contributed by atoms with Crippen molar-refractivity contribution in [2.45, 2.75) is 19.0 Å². The largest absolute Gasteiger partial charge is 0.378 e. The van der Waals surface area contributed by atoms with Gasteiger partial charge in [0.2, 0.25) is 5.91 Å². The van der Waals surface area contributed by atoms with E-state index in [1.165, 1.54) is 11.3 Å². The Labute approximate surface area is 181 Å². The lowest BCUT2D eigenvalue weighted by atomic mass is 10.0.